The summed E-state index contributed by atoms with van der Waals surface area (Å²) >= 11 is 0. The lowest BCUT2D eigenvalue weighted by molar-refractivity contribution is 0.0950. The molecule has 0 spiro atoms. The van der Waals surface area contributed by atoms with Gasteiger partial charge in [-0.1, -0.05) is 6.07 Å². The Morgan fingerprint density at radius 1 is 0.889 bits per heavy atom. The van der Waals surface area contributed by atoms with Crippen LogP contribution in [0.5, 0.6) is 0 Å². The maximum absolute atomic E-state index is 12.9. The number of amides is 2. The molecule has 2 amide bonds. The highest BCUT2D eigenvalue weighted by molar-refractivity contribution is 6.07. The highest BCUT2D eigenvalue weighted by atomic mass is 16.3. The largest absolute Gasteiger partial charge is 0.395 e. The van der Waals surface area contributed by atoms with Crippen molar-refractivity contribution in [3.63, 3.8) is 0 Å². The molecule has 0 unspecified atom stereocenters. The van der Waals surface area contributed by atoms with Crippen molar-refractivity contribution in [3.05, 3.63) is 90.3 Å². The highest BCUT2D eigenvalue weighted by Gasteiger charge is 2.23. The molecule has 3 N–H and O–H groups in total. The van der Waals surface area contributed by atoms with Gasteiger partial charge >= 0.3 is 0 Å². The number of aliphatic hydroxyl groups is 1. The quantitative estimate of drug-likeness (QED) is 0.327. The van der Waals surface area contributed by atoms with E-state index in [0.29, 0.717) is 29.4 Å². The first-order valence-corrected chi connectivity index (χ1v) is 12.0. The molecule has 1 saturated carbocycles. The van der Waals surface area contributed by atoms with Crippen LogP contribution in [0.1, 0.15) is 33.6 Å². The number of nitrogens with zero attached hydrogens (tertiary/aromatic N) is 3. The van der Waals surface area contributed by atoms with Crippen LogP contribution in [0.3, 0.4) is 0 Å². The number of carbonyl (C=O) groups excluding carboxylic acids is 2. The molecule has 8 heteroatoms. The van der Waals surface area contributed by atoms with E-state index >= 15 is 0 Å². The van der Waals surface area contributed by atoms with Crippen LogP contribution in [0, 0.1) is 0 Å². The SMILES string of the molecule is O=C(Nc1ccc2c(cnn2-c2ccc(C(=O)NC3CC3)cc2)c1)c1ccc2ccn(CCO)c2c1. The summed E-state index contributed by atoms with van der Waals surface area (Å²) in [5, 5.41) is 21.7. The molecular weight excluding hydrogens is 454 g/mol. The molecule has 0 radical (unpaired) electrons. The molecule has 1 aliphatic rings. The standard InChI is InChI=1S/C28H25N5O3/c34-14-13-32-12-11-18-1-2-20(16-26(18)32)28(36)31-23-7-10-25-21(15-23)17-29-33(25)24-8-3-19(4-9-24)27(35)30-22-5-6-22/h1-4,7-12,15-17,22,34H,5-6,13-14H2,(H,30,35)(H,31,36). The van der Waals surface area contributed by atoms with Crippen LogP contribution < -0.4 is 10.6 Å². The minimum absolute atomic E-state index is 0.0355. The first kappa shape index (κ1) is 22.1. The molecule has 1 aliphatic carbocycles. The molecule has 180 valence electrons. The number of hydrogen-bond donors (Lipinski definition) is 3. The molecular formula is C28H25N5O3. The van der Waals surface area contributed by atoms with E-state index in [1.807, 2.05) is 76.1 Å². The van der Waals surface area contributed by atoms with Crippen LogP contribution in [0.4, 0.5) is 5.69 Å². The van der Waals surface area contributed by atoms with Crippen molar-refractivity contribution in [2.75, 3.05) is 11.9 Å². The molecule has 3 aromatic carbocycles. The Bertz CT molecular complexity index is 1600. The number of aliphatic hydroxyl groups excluding tert-OH is 1. The third-order valence-electron chi connectivity index (χ3n) is 6.49. The lowest BCUT2D eigenvalue weighted by Gasteiger charge is -2.09. The lowest BCUT2D eigenvalue weighted by Crippen LogP contribution is -2.25. The number of aromatic nitrogens is 3. The van der Waals surface area contributed by atoms with Crippen LogP contribution in [0.15, 0.2) is 79.1 Å². The van der Waals surface area contributed by atoms with Crippen LogP contribution >= 0.6 is 0 Å². The van der Waals surface area contributed by atoms with Crippen LogP contribution in [-0.4, -0.2) is 43.9 Å². The molecule has 2 aromatic heterocycles. The normalized spacial score (nSPS) is 13.2. The Hall–Kier alpha value is -4.43. The van der Waals surface area contributed by atoms with Gasteiger partial charge in [0, 0.05) is 46.5 Å². The maximum Gasteiger partial charge on any atom is 0.255 e. The zero-order valence-corrected chi connectivity index (χ0v) is 19.5. The number of rotatable bonds is 7. The van der Waals surface area contributed by atoms with Gasteiger partial charge in [-0.05, 0) is 78.9 Å². The Labute approximate surface area is 207 Å². The van der Waals surface area contributed by atoms with Crippen molar-refractivity contribution >= 4 is 39.3 Å². The van der Waals surface area contributed by atoms with E-state index in [2.05, 4.69) is 15.7 Å². The smallest absolute Gasteiger partial charge is 0.255 e. The Morgan fingerprint density at radius 3 is 2.47 bits per heavy atom. The van der Waals surface area contributed by atoms with Gasteiger partial charge in [-0.15, -0.1) is 0 Å². The van der Waals surface area contributed by atoms with Crippen molar-refractivity contribution in [2.45, 2.75) is 25.4 Å². The molecule has 36 heavy (non-hydrogen) atoms. The number of benzene rings is 3. The number of carbonyl (C=O) groups is 2. The van der Waals surface area contributed by atoms with E-state index in [0.717, 1.165) is 40.3 Å². The van der Waals surface area contributed by atoms with Gasteiger partial charge in [0.25, 0.3) is 11.8 Å². The van der Waals surface area contributed by atoms with Crippen molar-refractivity contribution in [1.29, 1.82) is 0 Å². The summed E-state index contributed by atoms with van der Waals surface area (Å²) in [6.07, 6.45) is 5.77. The summed E-state index contributed by atoms with van der Waals surface area (Å²) < 4.78 is 3.74. The summed E-state index contributed by atoms with van der Waals surface area (Å²) in [6.45, 7) is 0.513. The second kappa shape index (κ2) is 8.98. The van der Waals surface area contributed by atoms with E-state index in [1.54, 1.807) is 12.3 Å². The van der Waals surface area contributed by atoms with Crippen molar-refractivity contribution < 1.29 is 14.7 Å². The number of anilines is 1. The second-order valence-electron chi connectivity index (χ2n) is 9.09. The lowest BCUT2D eigenvalue weighted by atomic mass is 10.1. The summed E-state index contributed by atoms with van der Waals surface area (Å²) in [7, 11) is 0. The fourth-order valence-electron chi connectivity index (χ4n) is 4.40. The van der Waals surface area contributed by atoms with E-state index in [4.69, 9.17) is 0 Å². The van der Waals surface area contributed by atoms with Crippen molar-refractivity contribution in [3.8, 4) is 5.69 Å². The van der Waals surface area contributed by atoms with Gasteiger partial charge < -0.3 is 20.3 Å². The molecule has 2 heterocycles. The zero-order chi connectivity index (χ0) is 24.6. The fourth-order valence-corrected chi connectivity index (χ4v) is 4.40. The van der Waals surface area contributed by atoms with Crippen LogP contribution in [-0.2, 0) is 6.54 Å². The van der Waals surface area contributed by atoms with E-state index in [9.17, 15) is 14.7 Å². The molecule has 0 bridgehead atoms. The van der Waals surface area contributed by atoms with Gasteiger partial charge in [-0.2, -0.15) is 5.10 Å². The third-order valence-corrected chi connectivity index (χ3v) is 6.49. The predicted octanol–water partition coefficient (Wildman–Crippen LogP) is 4.12. The second-order valence-corrected chi connectivity index (χ2v) is 9.09. The molecule has 0 saturated heterocycles. The van der Waals surface area contributed by atoms with E-state index in [1.165, 1.54) is 0 Å². The topological polar surface area (TPSA) is 101 Å². The van der Waals surface area contributed by atoms with Gasteiger partial charge in [-0.25, -0.2) is 4.68 Å². The number of fused-ring (bicyclic) bond motifs is 2. The zero-order valence-electron chi connectivity index (χ0n) is 19.5. The summed E-state index contributed by atoms with van der Waals surface area (Å²) in [4.78, 5) is 25.2. The Morgan fingerprint density at radius 2 is 1.69 bits per heavy atom. The molecule has 0 atom stereocenters. The fraction of sp³-hybridized carbons (Fsp3) is 0.179. The van der Waals surface area contributed by atoms with Gasteiger partial charge in [-0.3, -0.25) is 9.59 Å². The van der Waals surface area contributed by atoms with E-state index < -0.39 is 0 Å². The summed E-state index contributed by atoms with van der Waals surface area (Å²) in [5.74, 6) is -0.254. The molecule has 6 rings (SSSR count). The minimum Gasteiger partial charge on any atom is -0.395 e. The molecule has 1 fully saturated rings. The van der Waals surface area contributed by atoms with Crippen LogP contribution in [0.25, 0.3) is 27.5 Å². The predicted molar refractivity (Wildman–Crippen MR) is 139 cm³/mol. The summed E-state index contributed by atoms with van der Waals surface area (Å²) in [5.41, 5.74) is 4.50. The number of nitrogens with one attached hydrogen (secondary N) is 2. The van der Waals surface area contributed by atoms with Gasteiger partial charge in [0.1, 0.15) is 0 Å². The first-order chi connectivity index (χ1) is 17.6. The minimum atomic E-state index is -0.208. The maximum atomic E-state index is 12.9. The molecule has 8 nitrogen and oxygen atoms in total. The van der Waals surface area contributed by atoms with E-state index in [-0.39, 0.29) is 18.4 Å². The van der Waals surface area contributed by atoms with Crippen molar-refractivity contribution in [1.82, 2.24) is 19.7 Å². The summed E-state index contributed by atoms with van der Waals surface area (Å²) in [6, 6.07) is 20.9. The van der Waals surface area contributed by atoms with Crippen LogP contribution in [0.2, 0.25) is 0 Å². The third kappa shape index (κ3) is 4.23. The monoisotopic (exact) mass is 479 g/mol. The molecule has 5 aromatic rings. The van der Waals surface area contributed by atoms with Crippen molar-refractivity contribution in [2.24, 2.45) is 0 Å². The first-order valence-electron chi connectivity index (χ1n) is 12.0. The highest BCUT2D eigenvalue weighted by Crippen LogP contribution is 2.24. The number of hydrogen-bond acceptors (Lipinski definition) is 4. The average Bonchev–Trinajstić information content (AvgIpc) is 3.47. The van der Waals surface area contributed by atoms with Gasteiger partial charge in [0.05, 0.1) is 24.0 Å². The molecule has 0 aliphatic heterocycles. The van der Waals surface area contributed by atoms with Gasteiger partial charge in [0.15, 0.2) is 0 Å². The Kier molecular flexibility index (Phi) is 5.50. The Balaban J connectivity index is 1.20. The average molecular weight is 480 g/mol. The van der Waals surface area contributed by atoms with Gasteiger partial charge in [0.2, 0.25) is 0 Å².